The van der Waals surface area contributed by atoms with E-state index in [1.54, 1.807) is 11.3 Å². The van der Waals surface area contributed by atoms with Crippen LogP contribution in [0.1, 0.15) is 36.8 Å². The molecule has 0 aliphatic carbocycles. The number of halogens is 1. The minimum Gasteiger partial charge on any atom is -0.253 e. The van der Waals surface area contributed by atoms with Crippen molar-refractivity contribution in [2.45, 2.75) is 39.2 Å². The molecule has 2 aromatic heterocycles. The molecule has 0 amide bonds. The van der Waals surface area contributed by atoms with Gasteiger partial charge in [0.1, 0.15) is 0 Å². The molecule has 17 heavy (non-hydrogen) atoms. The lowest BCUT2D eigenvalue weighted by atomic mass is 9.99. The van der Waals surface area contributed by atoms with Crippen LogP contribution in [-0.4, -0.2) is 15.0 Å². The Kier molecular flexibility index (Phi) is 4.18. The summed E-state index contributed by atoms with van der Waals surface area (Å²) in [5.41, 5.74) is 1.06. The van der Waals surface area contributed by atoms with Crippen molar-refractivity contribution in [3.05, 3.63) is 33.2 Å². The van der Waals surface area contributed by atoms with E-state index in [1.165, 1.54) is 4.88 Å². The fourth-order valence-corrected chi connectivity index (χ4v) is 3.08. The monoisotopic (exact) mass is 269 g/mol. The molecule has 0 N–H and O–H groups in total. The standard InChI is InChI=1S/C12H16ClN3S/c1-3-9(11-5-6-12(13)17-11)7-10-8-16(4-2)15-14-10/h5-6,8-9H,3-4,7H2,1-2H3. The van der Waals surface area contributed by atoms with E-state index >= 15 is 0 Å². The van der Waals surface area contributed by atoms with E-state index in [4.69, 9.17) is 11.6 Å². The molecule has 0 fully saturated rings. The maximum atomic E-state index is 5.98. The average Bonchev–Trinajstić information content (AvgIpc) is 2.94. The molecule has 3 nitrogen and oxygen atoms in total. The molecular formula is C12H16ClN3S. The molecule has 0 aliphatic heterocycles. The van der Waals surface area contributed by atoms with Crippen LogP contribution in [0.25, 0.3) is 0 Å². The maximum Gasteiger partial charge on any atom is 0.0931 e. The number of rotatable bonds is 5. The van der Waals surface area contributed by atoms with Gasteiger partial charge in [0, 0.05) is 24.0 Å². The molecule has 0 spiro atoms. The molecule has 5 heteroatoms. The maximum absolute atomic E-state index is 5.98. The Morgan fingerprint density at radius 2 is 2.24 bits per heavy atom. The molecule has 1 atom stereocenters. The molecular weight excluding hydrogens is 254 g/mol. The van der Waals surface area contributed by atoms with Gasteiger partial charge in [0.2, 0.25) is 0 Å². The summed E-state index contributed by atoms with van der Waals surface area (Å²) in [7, 11) is 0. The van der Waals surface area contributed by atoms with E-state index < -0.39 is 0 Å². The first-order valence-corrected chi connectivity index (χ1v) is 7.06. The van der Waals surface area contributed by atoms with E-state index in [0.717, 1.165) is 29.4 Å². The van der Waals surface area contributed by atoms with Crippen LogP contribution in [0, 0.1) is 0 Å². The van der Waals surface area contributed by atoms with E-state index in [1.807, 2.05) is 16.9 Å². The normalized spacial score (nSPS) is 12.9. The highest BCUT2D eigenvalue weighted by Gasteiger charge is 2.14. The fraction of sp³-hybridized carbons (Fsp3) is 0.500. The highest BCUT2D eigenvalue weighted by atomic mass is 35.5. The van der Waals surface area contributed by atoms with E-state index in [-0.39, 0.29) is 0 Å². The Morgan fingerprint density at radius 3 is 2.76 bits per heavy atom. The molecule has 0 aromatic carbocycles. The summed E-state index contributed by atoms with van der Waals surface area (Å²) in [5, 5.41) is 8.26. The average molecular weight is 270 g/mol. The zero-order valence-electron chi connectivity index (χ0n) is 10.1. The lowest BCUT2D eigenvalue weighted by molar-refractivity contribution is 0.625. The molecule has 92 valence electrons. The van der Waals surface area contributed by atoms with Gasteiger partial charge in [0.05, 0.1) is 10.0 Å². The molecule has 0 aliphatic rings. The van der Waals surface area contributed by atoms with Crippen LogP contribution in [0.15, 0.2) is 18.3 Å². The second-order valence-electron chi connectivity index (χ2n) is 4.02. The van der Waals surface area contributed by atoms with Gasteiger partial charge < -0.3 is 0 Å². The third-order valence-electron chi connectivity index (χ3n) is 2.85. The zero-order chi connectivity index (χ0) is 12.3. The van der Waals surface area contributed by atoms with E-state index in [0.29, 0.717) is 5.92 Å². The topological polar surface area (TPSA) is 30.7 Å². The van der Waals surface area contributed by atoms with Crippen LogP contribution in [-0.2, 0) is 13.0 Å². The number of thiophene rings is 1. The predicted molar refractivity (Wildman–Crippen MR) is 71.8 cm³/mol. The summed E-state index contributed by atoms with van der Waals surface area (Å²) in [4.78, 5) is 1.34. The lowest BCUT2D eigenvalue weighted by Gasteiger charge is -2.10. The van der Waals surface area contributed by atoms with Crippen molar-refractivity contribution in [1.82, 2.24) is 15.0 Å². The molecule has 2 aromatic rings. The molecule has 0 saturated carbocycles. The Bertz CT molecular complexity index is 478. The zero-order valence-corrected chi connectivity index (χ0v) is 11.6. The molecule has 2 rings (SSSR count). The highest BCUT2D eigenvalue weighted by molar-refractivity contribution is 7.16. The number of aromatic nitrogens is 3. The van der Waals surface area contributed by atoms with Gasteiger partial charge >= 0.3 is 0 Å². The van der Waals surface area contributed by atoms with Gasteiger partial charge in [-0.2, -0.15) is 0 Å². The van der Waals surface area contributed by atoms with Crippen LogP contribution in [0.4, 0.5) is 0 Å². The molecule has 0 bridgehead atoms. The summed E-state index contributed by atoms with van der Waals surface area (Å²) in [5.74, 6) is 0.495. The van der Waals surface area contributed by atoms with E-state index in [9.17, 15) is 0 Å². The SMILES string of the molecule is CCC(Cc1cn(CC)nn1)c1ccc(Cl)s1. The number of hydrogen-bond acceptors (Lipinski definition) is 3. The largest absolute Gasteiger partial charge is 0.253 e. The third kappa shape index (κ3) is 3.07. The fourth-order valence-electron chi connectivity index (χ4n) is 1.83. The van der Waals surface area contributed by atoms with Gasteiger partial charge in [-0.15, -0.1) is 16.4 Å². The van der Waals surface area contributed by atoms with Crippen LogP contribution >= 0.6 is 22.9 Å². The van der Waals surface area contributed by atoms with Crippen molar-refractivity contribution in [1.29, 1.82) is 0 Å². The first-order valence-electron chi connectivity index (χ1n) is 5.87. The number of hydrogen-bond donors (Lipinski definition) is 0. The Morgan fingerprint density at radius 1 is 1.41 bits per heavy atom. The smallest absolute Gasteiger partial charge is 0.0931 e. The third-order valence-corrected chi connectivity index (χ3v) is 4.25. The van der Waals surface area contributed by atoms with Gasteiger partial charge in [-0.3, -0.25) is 4.68 Å². The number of nitrogens with zero attached hydrogens (tertiary/aromatic N) is 3. The van der Waals surface area contributed by atoms with Crippen molar-refractivity contribution in [3.8, 4) is 0 Å². The van der Waals surface area contributed by atoms with Gasteiger partial charge in [-0.25, -0.2) is 0 Å². The quantitative estimate of drug-likeness (QED) is 0.828. The Labute approximate surface area is 110 Å². The molecule has 0 radical (unpaired) electrons. The van der Waals surface area contributed by atoms with Crippen molar-refractivity contribution in [2.75, 3.05) is 0 Å². The van der Waals surface area contributed by atoms with Crippen LogP contribution < -0.4 is 0 Å². The van der Waals surface area contributed by atoms with Gasteiger partial charge in [0.25, 0.3) is 0 Å². The second-order valence-corrected chi connectivity index (χ2v) is 5.76. The lowest BCUT2D eigenvalue weighted by Crippen LogP contribution is -2.00. The molecule has 2 heterocycles. The minimum atomic E-state index is 0.495. The second kappa shape index (κ2) is 5.65. The number of aryl methyl sites for hydroxylation is 1. The summed E-state index contributed by atoms with van der Waals surface area (Å²) in [6, 6.07) is 4.08. The van der Waals surface area contributed by atoms with Crippen molar-refractivity contribution in [3.63, 3.8) is 0 Å². The first kappa shape index (κ1) is 12.6. The van der Waals surface area contributed by atoms with Crippen molar-refractivity contribution >= 4 is 22.9 Å². The Hall–Kier alpha value is -0.870. The summed E-state index contributed by atoms with van der Waals surface area (Å²) in [6.45, 7) is 5.13. The Balaban J connectivity index is 2.09. The van der Waals surface area contributed by atoms with Crippen LogP contribution in [0.3, 0.4) is 0 Å². The minimum absolute atomic E-state index is 0.495. The summed E-state index contributed by atoms with van der Waals surface area (Å²) >= 11 is 7.64. The van der Waals surface area contributed by atoms with Gasteiger partial charge in [-0.1, -0.05) is 23.7 Å². The molecule has 0 saturated heterocycles. The van der Waals surface area contributed by atoms with E-state index in [2.05, 4.69) is 30.2 Å². The van der Waals surface area contributed by atoms with Crippen LogP contribution in [0.2, 0.25) is 4.34 Å². The molecule has 1 unspecified atom stereocenters. The van der Waals surface area contributed by atoms with Gasteiger partial charge in [0.15, 0.2) is 0 Å². The van der Waals surface area contributed by atoms with Gasteiger partial charge in [-0.05, 0) is 31.4 Å². The summed E-state index contributed by atoms with van der Waals surface area (Å²) < 4.78 is 2.72. The van der Waals surface area contributed by atoms with Crippen molar-refractivity contribution in [2.24, 2.45) is 0 Å². The first-order chi connectivity index (χ1) is 8.22. The summed E-state index contributed by atoms with van der Waals surface area (Å²) in [6.07, 6.45) is 4.06. The van der Waals surface area contributed by atoms with Crippen LogP contribution in [0.5, 0.6) is 0 Å². The predicted octanol–water partition coefficient (Wildman–Crippen LogP) is 3.75. The highest BCUT2D eigenvalue weighted by Crippen LogP contribution is 2.31. The van der Waals surface area contributed by atoms with Crippen molar-refractivity contribution < 1.29 is 0 Å².